The summed E-state index contributed by atoms with van der Waals surface area (Å²) in [6.07, 6.45) is 0. The quantitative estimate of drug-likeness (QED) is 0.332. The van der Waals surface area contributed by atoms with Crippen molar-refractivity contribution in [3.63, 3.8) is 0 Å². The second-order valence-electron chi connectivity index (χ2n) is 2.54. The van der Waals surface area contributed by atoms with E-state index in [9.17, 15) is 22.4 Å². The summed E-state index contributed by atoms with van der Waals surface area (Å²) in [5.74, 6) is -10.8. The Morgan fingerprint density at radius 3 is 1.86 bits per heavy atom. The van der Waals surface area contributed by atoms with Gasteiger partial charge in [0.2, 0.25) is 11.6 Å². The van der Waals surface area contributed by atoms with Gasteiger partial charge in [-0.05, 0) is 6.92 Å². The lowest BCUT2D eigenvalue weighted by molar-refractivity contribution is 0.100. The average Bonchev–Trinajstić information content (AvgIpc) is 2.11. The van der Waals surface area contributed by atoms with E-state index < -0.39 is 40.4 Å². The van der Waals surface area contributed by atoms with Gasteiger partial charge in [-0.3, -0.25) is 4.79 Å². The Balaban J connectivity index is 3.68. The number of phenolic OH excluding ortho intramolecular Hbond substituents is 1. The van der Waals surface area contributed by atoms with Gasteiger partial charge in [-0.15, -0.1) is 0 Å². The molecule has 0 radical (unpaired) electrons. The number of halogens is 4. The van der Waals surface area contributed by atoms with Crippen molar-refractivity contribution >= 4 is 5.78 Å². The van der Waals surface area contributed by atoms with Crippen LogP contribution in [0.3, 0.4) is 0 Å². The standard InChI is InChI=1S/C8H4F4O2/c1-2(13)3-4(9)5(10)6(11)7(12)8(3)14/h14H,1H3. The maximum atomic E-state index is 12.8. The first-order chi connectivity index (χ1) is 6.37. The molecule has 0 heterocycles. The molecule has 1 N–H and O–H groups in total. The van der Waals surface area contributed by atoms with Gasteiger partial charge in [0, 0.05) is 0 Å². The molecule has 0 saturated carbocycles. The monoisotopic (exact) mass is 208 g/mol. The molecular formula is C8H4F4O2. The van der Waals surface area contributed by atoms with E-state index in [1.165, 1.54) is 0 Å². The fourth-order valence-electron chi connectivity index (χ4n) is 0.941. The molecule has 0 unspecified atom stereocenters. The molecule has 0 atom stereocenters. The van der Waals surface area contributed by atoms with Crippen molar-refractivity contribution in [2.45, 2.75) is 6.92 Å². The summed E-state index contributed by atoms with van der Waals surface area (Å²) in [6.45, 7) is 0.787. The van der Waals surface area contributed by atoms with E-state index in [1.54, 1.807) is 0 Å². The van der Waals surface area contributed by atoms with Crippen LogP contribution in [0.5, 0.6) is 5.75 Å². The van der Waals surface area contributed by atoms with E-state index in [-0.39, 0.29) is 0 Å². The second-order valence-corrected chi connectivity index (χ2v) is 2.54. The number of carbonyl (C=O) groups is 1. The Morgan fingerprint density at radius 1 is 1.00 bits per heavy atom. The van der Waals surface area contributed by atoms with Crippen molar-refractivity contribution in [2.75, 3.05) is 0 Å². The summed E-state index contributed by atoms with van der Waals surface area (Å²) >= 11 is 0. The normalized spacial score (nSPS) is 10.4. The van der Waals surface area contributed by atoms with Crippen molar-refractivity contribution in [2.24, 2.45) is 0 Å². The third kappa shape index (κ3) is 1.32. The number of ketones is 1. The van der Waals surface area contributed by atoms with Crippen LogP contribution < -0.4 is 0 Å². The van der Waals surface area contributed by atoms with Crippen molar-refractivity contribution in [3.8, 4) is 5.75 Å². The third-order valence-corrected chi connectivity index (χ3v) is 1.59. The minimum Gasteiger partial charge on any atom is -0.504 e. The van der Waals surface area contributed by atoms with Crippen molar-refractivity contribution in [1.29, 1.82) is 0 Å². The molecule has 0 aliphatic rings. The first-order valence-corrected chi connectivity index (χ1v) is 3.43. The van der Waals surface area contributed by atoms with Crippen LogP contribution >= 0.6 is 0 Å². The van der Waals surface area contributed by atoms with Gasteiger partial charge in [-0.25, -0.2) is 13.2 Å². The van der Waals surface area contributed by atoms with Crippen LogP contribution in [0.15, 0.2) is 0 Å². The molecule has 0 fully saturated rings. The van der Waals surface area contributed by atoms with E-state index in [1.807, 2.05) is 0 Å². The summed E-state index contributed by atoms with van der Waals surface area (Å²) in [5.41, 5.74) is -1.19. The van der Waals surface area contributed by atoms with Gasteiger partial charge < -0.3 is 5.11 Å². The molecule has 1 rings (SSSR count). The first-order valence-electron chi connectivity index (χ1n) is 3.43. The Hall–Kier alpha value is -1.59. The van der Waals surface area contributed by atoms with Crippen molar-refractivity contribution in [3.05, 3.63) is 28.8 Å². The zero-order valence-corrected chi connectivity index (χ0v) is 6.87. The molecule has 2 nitrogen and oxygen atoms in total. The van der Waals surface area contributed by atoms with Gasteiger partial charge in [0.1, 0.15) is 5.56 Å². The van der Waals surface area contributed by atoms with E-state index >= 15 is 0 Å². The van der Waals surface area contributed by atoms with E-state index in [4.69, 9.17) is 5.11 Å². The summed E-state index contributed by atoms with van der Waals surface area (Å²) in [6, 6.07) is 0. The van der Waals surface area contributed by atoms with E-state index in [2.05, 4.69) is 0 Å². The minimum atomic E-state index is -2.15. The summed E-state index contributed by atoms with van der Waals surface area (Å²) in [4.78, 5) is 10.6. The molecule has 76 valence electrons. The van der Waals surface area contributed by atoms with Gasteiger partial charge >= 0.3 is 0 Å². The van der Waals surface area contributed by atoms with Crippen LogP contribution in [0.4, 0.5) is 17.6 Å². The van der Waals surface area contributed by atoms with Crippen LogP contribution in [0.1, 0.15) is 17.3 Å². The lowest BCUT2D eigenvalue weighted by Gasteiger charge is -2.05. The van der Waals surface area contributed by atoms with E-state index in [0.717, 1.165) is 6.92 Å². The number of hydrogen-bond acceptors (Lipinski definition) is 2. The smallest absolute Gasteiger partial charge is 0.204 e. The van der Waals surface area contributed by atoms with Crippen molar-refractivity contribution < 1.29 is 27.5 Å². The number of hydrogen-bond donors (Lipinski definition) is 1. The first kappa shape index (κ1) is 10.5. The third-order valence-electron chi connectivity index (χ3n) is 1.59. The zero-order valence-electron chi connectivity index (χ0n) is 6.87. The number of Topliss-reactive ketones (excluding diaryl/α,β-unsaturated/α-hetero) is 1. The van der Waals surface area contributed by atoms with Crippen LogP contribution in [-0.4, -0.2) is 10.9 Å². The number of rotatable bonds is 1. The zero-order chi connectivity index (χ0) is 11.0. The van der Waals surface area contributed by atoms with Gasteiger partial charge in [0.25, 0.3) is 0 Å². The fraction of sp³-hybridized carbons (Fsp3) is 0.125. The molecule has 6 heteroatoms. The predicted octanol–water partition coefficient (Wildman–Crippen LogP) is 2.15. The maximum absolute atomic E-state index is 12.8. The maximum Gasteiger partial charge on any atom is 0.204 e. The molecule has 0 spiro atoms. The highest BCUT2D eigenvalue weighted by molar-refractivity contribution is 5.97. The summed E-state index contributed by atoms with van der Waals surface area (Å²) in [7, 11) is 0. The Kier molecular flexibility index (Phi) is 2.46. The lowest BCUT2D eigenvalue weighted by Crippen LogP contribution is -2.06. The molecule has 1 aromatic carbocycles. The molecule has 14 heavy (non-hydrogen) atoms. The van der Waals surface area contributed by atoms with Crippen LogP contribution in [0.2, 0.25) is 0 Å². The molecule has 0 saturated heterocycles. The molecular weight excluding hydrogens is 204 g/mol. The van der Waals surface area contributed by atoms with Gasteiger partial charge in [0.15, 0.2) is 23.2 Å². The highest BCUT2D eigenvalue weighted by Crippen LogP contribution is 2.29. The Labute approximate surface area is 75.8 Å². The number of benzene rings is 1. The Morgan fingerprint density at radius 2 is 1.43 bits per heavy atom. The van der Waals surface area contributed by atoms with Gasteiger partial charge in [0.05, 0.1) is 0 Å². The van der Waals surface area contributed by atoms with Gasteiger partial charge in [-0.2, -0.15) is 4.39 Å². The fourth-order valence-corrected chi connectivity index (χ4v) is 0.941. The lowest BCUT2D eigenvalue weighted by atomic mass is 10.1. The largest absolute Gasteiger partial charge is 0.504 e. The van der Waals surface area contributed by atoms with Crippen molar-refractivity contribution in [1.82, 2.24) is 0 Å². The molecule has 0 aromatic heterocycles. The minimum absolute atomic E-state index is 0.787. The highest BCUT2D eigenvalue weighted by Gasteiger charge is 2.27. The van der Waals surface area contributed by atoms with E-state index in [0.29, 0.717) is 0 Å². The molecule has 0 aliphatic carbocycles. The molecule has 0 aliphatic heterocycles. The highest BCUT2D eigenvalue weighted by atomic mass is 19.2. The number of aromatic hydroxyl groups is 1. The van der Waals surface area contributed by atoms with Gasteiger partial charge in [-0.1, -0.05) is 0 Å². The van der Waals surface area contributed by atoms with Crippen LogP contribution in [0, 0.1) is 23.3 Å². The Bertz CT molecular complexity index is 385. The molecule has 1 aromatic rings. The SMILES string of the molecule is CC(=O)c1c(O)c(F)c(F)c(F)c1F. The molecule has 0 amide bonds. The topological polar surface area (TPSA) is 37.3 Å². The summed E-state index contributed by atoms with van der Waals surface area (Å²) in [5, 5.41) is 8.81. The van der Waals surface area contributed by atoms with Crippen LogP contribution in [-0.2, 0) is 0 Å². The summed E-state index contributed by atoms with van der Waals surface area (Å²) < 4.78 is 50.4. The second kappa shape index (κ2) is 3.28. The molecule has 0 bridgehead atoms. The number of carbonyl (C=O) groups excluding carboxylic acids is 1. The van der Waals surface area contributed by atoms with Crippen LogP contribution in [0.25, 0.3) is 0 Å². The average molecular weight is 208 g/mol. The number of phenols is 1. The predicted molar refractivity (Wildman–Crippen MR) is 37.9 cm³/mol.